The van der Waals surface area contributed by atoms with Crippen LogP contribution in [0, 0.1) is 11.8 Å². The first kappa shape index (κ1) is 25.2. The lowest BCUT2D eigenvalue weighted by Gasteiger charge is -2.31. The molecular formula is C22H38F3N5O2. The lowest BCUT2D eigenvalue weighted by atomic mass is 9.81. The van der Waals surface area contributed by atoms with Crippen molar-refractivity contribution in [3.8, 4) is 0 Å². The van der Waals surface area contributed by atoms with Gasteiger partial charge in [0.25, 0.3) is 0 Å². The summed E-state index contributed by atoms with van der Waals surface area (Å²) in [6.07, 6.45) is -0.280. The maximum Gasteiger partial charge on any atom is 0.229 e. The van der Waals surface area contributed by atoms with Crippen molar-refractivity contribution in [2.75, 3.05) is 13.2 Å². The number of alkyl halides is 3. The quantitative estimate of drug-likeness (QED) is 0.346. The van der Waals surface area contributed by atoms with Crippen LogP contribution in [0.4, 0.5) is 13.2 Å². The maximum atomic E-state index is 13.8. The minimum Gasteiger partial charge on any atom is -0.380 e. The molecule has 1 amide bonds. The van der Waals surface area contributed by atoms with Crippen LogP contribution < -0.4 is 21.5 Å². The predicted octanol–water partition coefficient (Wildman–Crippen LogP) is 2.67. The molecular weight excluding hydrogens is 423 g/mol. The zero-order valence-corrected chi connectivity index (χ0v) is 19.1. The van der Waals surface area contributed by atoms with Crippen molar-refractivity contribution in [2.45, 2.75) is 102 Å². The Morgan fingerprint density at radius 2 is 1.72 bits per heavy atom. The number of aliphatic imine (C=N–C) groups is 1. The third-order valence-corrected chi connectivity index (χ3v) is 6.62. The van der Waals surface area contributed by atoms with E-state index in [0.29, 0.717) is 64.1 Å². The van der Waals surface area contributed by atoms with Gasteiger partial charge in [0.1, 0.15) is 24.7 Å². The number of guanidine groups is 1. The van der Waals surface area contributed by atoms with E-state index in [-0.39, 0.29) is 42.4 Å². The van der Waals surface area contributed by atoms with Crippen LogP contribution in [-0.2, 0) is 9.53 Å². The molecule has 10 heteroatoms. The summed E-state index contributed by atoms with van der Waals surface area (Å²) >= 11 is 0. The molecule has 1 saturated heterocycles. The Kier molecular flexibility index (Phi) is 9.61. The number of carbonyl (C=O) groups excluding carboxylic acids is 1. The van der Waals surface area contributed by atoms with Gasteiger partial charge in [0, 0.05) is 37.5 Å². The molecule has 184 valence electrons. The van der Waals surface area contributed by atoms with Crippen LogP contribution >= 0.6 is 0 Å². The van der Waals surface area contributed by atoms with Crippen LogP contribution in [0.2, 0.25) is 0 Å². The normalized spacial score (nSPS) is 37.2. The van der Waals surface area contributed by atoms with Gasteiger partial charge < -0.3 is 10.1 Å². The van der Waals surface area contributed by atoms with Crippen molar-refractivity contribution in [1.29, 1.82) is 0 Å². The second-order valence-electron chi connectivity index (χ2n) is 9.43. The summed E-state index contributed by atoms with van der Waals surface area (Å²) in [5.74, 6) is -0.161. The number of nitrogens with one attached hydrogen (secondary N) is 4. The number of carbonyl (C=O) groups is 1. The topological polar surface area (TPSA) is 86.8 Å². The molecule has 4 N–H and O–H groups in total. The highest BCUT2D eigenvalue weighted by Gasteiger charge is 2.37. The third kappa shape index (κ3) is 7.59. The van der Waals surface area contributed by atoms with E-state index in [9.17, 15) is 18.0 Å². The van der Waals surface area contributed by atoms with Crippen molar-refractivity contribution in [2.24, 2.45) is 16.8 Å². The molecule has 0 aromatic carbocycles. The van der Waals surface area contributed by atoms with E-state index in [1.54, 1.807) is 0 Å². The van der Waals surface area contributed by atoms with Gasteiger partial charge in [-0.05, 0) is 58.3 Å². The fourth-order valence-electron chi connectivity index (χ4n) is 4.87. The van der Waals surface area contributed by atoms with E-state index in [0.717, 1.165) is 0 Å². The smallest absolute Gasteiger partial charge is 0.229 e. The highest BCUT2D eigenvalue weighted by molar-refractivity contribution is 5.98. The minimum atomic E-state index is -1.11. The van der Waals surface area contributed by atoms with Crippen molar-refractivity contribution < 1.29 is 22.7 Å². The largest absolute Gasteiger partial charge is 0.380 e. The molecule has 3 fully saturated rings. The lowest BCUT2D eigenvalue weighted by molar-refractivity contribution is -0.124. The Morgan fingerprint density at radius 1 is 1.03 bits per heavy atom. The Hall–Kier alpha value is -1.39. The molecule has 1 aliphatic heterocycles. The Labute approximate surface area is 188 Å². The van der Waals surface area contributed by atoms with Crippen LogP contribution in [0.3, 0.4) is 0 Å². The summed E-state index contributed by atoms with van der Waals surface area (Å²) in [4.78, 5) is 17.4. The molecule has 3 aliphatic rings. The van der Waals surface area contributed by atoms with Gasteiger partial charge in [0.15, 0.2) is 5.96 Å². The van der Waals surface area contributed by atoms with E-state index < -0.39 is 18.5 Å². The maximum absolute atomic E-state index is 13.8. The number of hydrogen-bond donors (Lipinski definition) is 4. The molecule has 4 unspecified atom stereocenters. The molecule has 7 nitrogen and oxygen atoms in total. The lowest BCUT2D eigenvalue weighted by Crippen LogP contribution is -2.49. The number of hydrogen-bond acceptors (Lipinski definition) is 5. The first-order valence-electron chi connectivity index (χ1n) is 12.0. The van der Waals surface area contributed by atoms with Gasteiger partial charge in [0.2, 0.25) is 5.91 Å². The minimum absolute atomic E-state index is 0.0135. The molecule has 0 aromatic rings. The molecule has 32 heavy (non-hydrogen) atoms. The summed E-state index contributed by atoms with van der Waals surface area (Å²) < 4.78 is 46.5. The van der Waals surface area contributed by atoms with E-state index >= 15 is 0 Å². The summed E-state index contributed by atoms with van der Waals surface area (Å²) in [7, 11) is 0. The number of halogens is 3. The monoisotopic (exact) mass is 461 g/mol. The Morgan fingerprint density at radius 3 is 2.38 bits per heavy atom. The fourth-order valence-corrected chi connectivity index (χ4v) is 4.87. The first-order chi connectivity index (χ1) is 15.3. The average Bonchev–Trinajstić information content (AvgIpc) is 3.20. The van der Waals surface area contributed by atoms with Crippen LogP contribution in [0.5, 0.6) is 0 Å². The first-order valence-corrected chi connectivity index (χ1v) is 12.0. The van der Waals surface area contributed by atoms with E-state index in [1.165, 1.54) is 0 Å². The van der Waals surface area contributed by atoms with Gasteiger partial charge in [-0.2, -0.15) is 0 Å². The highest BCUT2D eigenvalue weighted by atomic mass is 19.1. The average molecular weight is 462 g/mol. The standard InChI is InChI=1S/C22H38F3N5O2/c1-3-32-12-13(2)26-22(28-21(31)14-4-6-16(23)7-5-14)27-20-11-19(29-30-20)15-8-17(24)10-18(25)9-15/h13-20,29-30H,3-12H2,1-2H3,(H2,26,27,28,31)/t13-,14?,15?,16?,17?,18?,19?,20?/m0/s1. The van der Waals surface area contributed by atoms with Crippen LogP contribution in [-0.4, -0.2) is 61.8 Å². The van der Waals surface area contributed by atoms with Crippen molar-refractivity contribution in [3.05, 3.63) is 0 Å². The fraction of sp³-hybridized carbons (Fsp3) is 0.909. The molecule has 3 rings (SSSR count). The molecule has 1 heterocycles. The second-order valence-corrected chi connectivity index (χ2v) is 9.43. The molecule has 2 saturated carbocycles. The molecule has 0 bridgehead atoms. The van der Waals surface area contributed by atoms with Crippen LogP contribution in [0.15, 0.2) is 4.99 Å². The second kappa shape index (κ2) is 12.2. The Balaban J connectivity index is 1.61. The number of nitrogens with zero attached hydrogens (tertiary/aromatic N) is 1. The molecule has 2 aliphatic carbocycles. The SMILES string of the molecule is CCOC[C@H](C)N/C(=N/C1CC(C2CC(F)CC(F)C2)NN1)NC(=O)C1CCC(F)CC1. The number of ether oxygens (including phenoxy) is 1. The van der Waals surface area contributed by atoms with E-state index in [2.05, 4.69) is 26.5 Å². The number of hydrazine groups is 1. The van der Waals surface area contributed by atoms with E-state index in [1.807, 2.05) is 13.8 Å². The van der Waals surface area contributed by atoms with Crippen molar-refractivity contribution in [3.63, 3.8) is 0 Å². The van der Waals surface area contributed by atoms with Crippen LogP contribution in [0.25, 0.3) is 0 Å². The van der Waals surface area contributed by atoms with Crippen LogP contribution in [0.1, 0.15) is 65.2 Å². The molecule has 0 radical (unpaired) electrons. The molecule has 0 aromatic heterocycles. The molecule has 0 spiro atoms. The number of amides is 1. The van der Waals surface area contributed by atoms with Crippen molar-refractivity contribution >= 4 is 11.9 Å². The van der Waals surface area contributed by atoms with Crippen molar-refractivity contribution in [1.82, 2.24) is 21.5 Å². The van der Waals surface area contributed by atoms with Gasteiger partial charge in [-0.1, -0.05) is 0 Å². The summed E-state index contributed by atoms with van der Waals surface area (Å²) in [6.45, 7) is 4.88. The summed E-state index contributed by atoms with van der Waals surface area (Å²) in [6, 6.07) is -0.170. The summed E-state index contributed by atoms with van der Waals surface area (Å²) in [5.41, 5.74) is 6.22. The number of rotatable bonds is 7. The zero-order valence-electron chi connectivity index (χ0n) is 19.1. The Bertz CT molecular complexity index is 623. The summed E-state index contributed by atoms with van der Waals surface area (Å²) in [5, 5.41) is 6.08. The van der Waals surface area contributed by atoms with Gasteiger partial charge in [-0.3, -0.25) is 15.5 Å². The highest BCUT2D eigenvalue weighted by Crippen LogP contribution is 2.33. The molecule has 5 atom stereocenters. The predicted molar refractivity (Wildman–Crippen MR) is 117 cm³/mol. The van der Waals surface area contributed by atoms with Gasteiger partial charge in [-0.15, -0.1) is 0 Å². The van der Waals surface area contributed by atoms with E-state index in [4.69, 9.17) is 4.74 Å². The third-order valence-electron chi connectivity index (χ3n) is 6.62. The van der Waals surface area contributed by atoms with Gasteiger partial charge >= 0.3 is 0 Å². The zero-order chi connectivity index (χ0) is 23.1. The van der Waals surface area contributed by atoms with Gasteiger partial charge in [-0.25, -0.2) is 23.6 Å². The van der Waals surface area contributed by atoms with Gasteiger partial charge in [0.05, 0.1) is 6.61 Å².